The van der Waals surface area contributed by atoms with Crippen LogP contribution in [0.3, 0.4) is 0 Å². The van der Waals surface area contributed by atoms with Gasteiger partial charge in [0.2, 0.25) is 0 Å². The minimum atomic E-state index is -1.50. The third-order valence-electron chi connectivity index (χ3n) is 2.72. The molecule has 0 aliphatic heterocycles. The molecule has 0 aliphatic rings. The summed E-state index contributed by atoms with van der Waals surface area (Å²) in [5.41, 5.74) is 1.25. The van der Waals surface area contributed by atoms with Gasteiger partial charge in [-0.1, -0.05) is 168 Å². The van der Waals surface area contributed by atoms with E-state index in [1.54, 1.807) is 24.3 Å². The van der Waals surface area contributed by atoms with Crippen LogP contribution in [0.15, 0.2) is 24.3 Å². The summed E-state index contributed by atoms with van der Waals surface area (Å²) < 4.78 is -3.07. The monoisotopic (exact) mass is 879 g/mol. The summed E-state index contributed by atoms with van der Waals surface area (Å²) in [7, 11) is -1.50. The number of benzene rings is 1. The normalized spacial score (nSPS) is 14.1. The van der Waals surface area contributed by atoms with Crippen molar-refractivity contribution in [1.29, 1.82) is 0 Å². The Morgan fingerprint density at radius 3 is 1.41 bits per heavy atom. The molecule has 0 saturated carbocycles. The Balaban J connectivity index is 3.32. The summed E-state index contributed by atoms with van der Waals surface area (Å²) in [6.45, 7) is 0. The molecular formula is C10H6BBr9O2. The molecule has 0 bridgehead atoms. The van der Waals surface area contributed by atoms with Crippen LogP contribution < -0.4 is 5.46 Å². The molecule has 0 aliphatic carbocycles. The second kappa shape index (κ2) is 8.26. The average Bonchev–Trinajstić information content (AvgIpc) is 2.37. The van der Waals surface area contributed by atoms with Gasteiger partial charge in [-0.15, -0.1) is 0 Å². The van der Waals surface area contributed by atoms with Crippen LogP contribution in [-0.4, -0.2) is 25.8 Å². The lowest BCUT2D eigenvalue weighted by atomic mass is 9.80. The predicted octanol–water partition coefficient (Wildman–Crippen LogP) is 6.12. The molecule has 0 aromatic heterocycles. The first-order valence-electron chi connectivity index (χ1n) is 5.33. The van der Waals surface area contributed by atoms with Crippen LogP contribution in [0.5, 0.6) is 0 Å². The Morgan fingerprint density at radius 2 is 1.09 bits per heavy atom. The van der Waals surface area contributed by atoms with Crippen LogP contribution in [0.4, 0.5) is 0 Å². The summed E-state index contributed by atoms with van der Waals surface area (Å²) in [5.74, 6) is 0. The molecule has 22 heavy (non-hydrogen) atoms. The van der Waals surface area contributed by atoms with E-state index in [1.807, 2.05) is 0 Å². The van der Waals surface area contributed by atoms with Gasteiger partial charge >= 0.3 is 7.12 Å². The molecule has 1 rings (SSSR count). The molecule has 124 valence electrons. The Kier molecular flexibility index (Phi) is 8.85. The zero-order chi connectivity index (χ0) is 17.6. The molecule has 0 unspecified atom stereocenters. The molecule has 0 amide bonds. The molecule has 0 heterocycles. The van der Waals surface area contributed by atoms with Crippen molar-refractivity contribution in [3.63, 3.8) is 0 Å². The number of rotatable bonds is 4. The minimum absolute atomic E-state index is 0.411. The maximum atomic E-state index is 9.19. The fourth-order valence-electron chi connectivity index (χ4n) is 1.42. The third-order valence-corrected chi connectivity index (χ3v) is 18.8. The summed E-state index contributed by atoms with van der Waals surface area (Å²) in [6, 6.07) is 6.84. The molecule has 1 aromatic carbocycles. The van der Waals surface area contributed by atoms with E-state index in [-0.39, 0.29) is 0 Å². The van der Waals surface area contributed by atoms with E-state index in [9.17, 15) is 10.0 Å². The molecule has 12 heteroatoms. The van der Waals surface area contributed by atoms with Gasteiger partial charge in [0, 0.05) is 0 Å². The highest BCUT2D eigenvalue weighted by molar-refractivity contribution is 9.42. The van der Waals surface area contributed by atoms with Crippen LogP contribution in [0.2, 0.25) is 0 Å². The van der Waals surface area contributed by atoms with Crippen molar-refractivity contribution in [2.45, 2.75) is 11.8 Å². The SMILES string of the molecule is OB(O)c1ccc(C(Br)(Br)C(Br)(Br)C(Br)(Br)C(Br)(Br)Br)cc1. The van der Waals surface area contributed by atoms with E-state index in [0.29, 0.717) is 5.46 Å². The van der Waals surface area contributed by atoms with Crippen molar-refractivity contribution in [3.8, 4) is 0 Å². The van der Waals surface area contributed by atoms with Crippen LogP contribution in [0.1, 0.15) is 5.56 Å². The number of hydrogen-bond donors (Lipinski definition) is 2. The van der Waals surface area contributed by atoms with Crippen molar-refractivity contribution in [2.75, 3.05) is 0 Å². The molecule has 0 atom stereocenters. The van der Waals surface area contributed by atoms with E-state index in [2.05, 4.69) is 143 Å². The van der Waals surface area contributed by atoms with Gasteiger partial charge in [0.25, 0.3) is 0 Å². The maximum absolute atomic E-state index is 9.19. The topological polar surface area (TPSA) is 40.5 Å². The quantitative estimate of drug-likeness (QED) is 0.283. The van der Waals surface area contributed by atoms with Gasteiger partial charge in [0.1, 0.15) is 9.70 Å². The number of hydrogen-bond acceptors (Lipinski definition) is 2. The van der Waals surface area contributed by atoms with Crippen molar-refractivity contribution in [3.05, 3.63) is 29.8 Å². The fourth-order valence-corrected chi connectivity index (χ4v) is 7.74. The summed E-state index contributed by atoms with van der Waals surface area (Å²) >= 11 is 32.5. The largest absolute Gasteiger partial charge is 0.488 e. The van der Waals surface area contributed by atoms with Crippen LogP contribution in [-0.2, 0) is 3.23 Å². The van der Waals surface area contributed by atoms with Crippen LogP contribution in [0.25, 0.3) is 0 Å². The smallest absolute Gasteiger partial charge is 0.423 e. The Morgan fingerprint density at radius 1 is 0.682 bits per heavy atom. The third kappa shape index (κ3) is 4.68. The second-order valence-electron chi connectivity index (χ2n) is 4.22. The van der Waals surface area contributed by atoms with Gasteiger partial charge in [-0.05, 0) is 11.0 Å². The van der Waals surface area contributed by atoms with E-state index in [1.165, 1.54) is 0 Å². The Hall–Kier alpha value is 3.52. The molecule has 0 radical (unpaired) electrons. The van der Waals surface area contributed by atoms with Crippen molar-refractivity contribution >= 4 is 156 Å². The highest BCUT2D eigenvalue weighted by Crippen LogP contribution is 2.70. The standard InChI is InChI=1S/C10H6BBr9O2/c12-7(13,5-1-3-6(4-2-5)11(21)22)8(14,15)9(16,17)10(18,19)20/h1-4,21-22H. The lowest BCUT2D eigenvalue weighted by molar-refractivity contribution is 0.426. The number of alkyl halides is 9. The highest BCUT2D eigenvalue weighted by atomic mass is 80.0. The molecule has 0 fully saturated rings. The Bertz CT molecular complexity index is 524. The van der Waals surface area contributed by atoms with E-state index >= 15 is 0 Å². The summed E-state index contributed by atoms with van der Waals surface area (Å²) in [4.78, 5) is 0. The molecule has 2 N–H and O–H groups in total. The van der Waals surface area contributed by atoms with E-state index in [4.69, 9.17) is 0 Å². The molecule has 2 nitrogen and oxygen atoms in total. The van der Waals surface area contributed by atoms with Gasteiger partial charge in [0.15, 0.2) is 2.14 Å². The van der Waals surface area contributed by atoms with Crippen molar-refractivity contribution in [2.24, 2.45) is 0 Å². The predicted molar refractivity (Wildman–Crippen MR) is 126 cm³/mol. The van der Waals surface area contributed by atoms with E-state index in [0.717, 1.165) is 5.56 Å². The zero-order valence-electron chi connectivity index (χ0n) is 10.2. The van der Waals surface area contributed by atoms with Gasteiger partial charge in [0.05, 0.1) is 0 Å². The minimum Gasteiger partial charge on any atom is -0.423 e. The first kappa shape index (κ1) is 23.6. The van der Waals surface area contributed by atoms with Gasteiger partial charge in [-0.3, -0.25) is 0 Å². The van der Waals surface area contributed by atoms with Crippen LogP contribution in [0, 0.1) is 0 Å². The average molecular weight is 888 g/mol. The van der Waals surface area contributed by atoms with Gasteiger partial charge in [-0.2, -0.15) is 0 Å². The van der Waals surface area contributed by atoms with Gasteiger partial charge in [-0.25, -0.2) is 0 Å². The van der Waals surface area contributed by atoms with E-state index < -0.39 is 19.0 Å². The van der Waals surface area contributed by atoms with Crippen LogP contribution >= 0.6 is 143 Å². The summed E-state index contributed by atoms with van der Waals surface area (Å²) in [6.07, 6.45) is 0. The molecular weight excluding hydrogens is 882 g/mol. The second-order valence-corrected chi connectivity index (χ2v) is 21.3. The fraction of sp³-hybridized carbons (Fsp3) is 0.400. The van der Waals surface area contributed by atoms with Crippen molar-refractivity contribution < 1.29 is 10.0 Å². The van der Waals surface area contributed by atoms with Crippen molar-refractivity contribution in [1.82, 2.24) is 0 Å². The lowest BCUT2D eigenvalue weighted by Gasteiger charge is -2.47. The Labute approximate surface area is 204 Å². The first-order valence-corrected chi connectivity index (χ1v) is 12.5. The lowest BCUT2D eigenvalue weighted by Crippen LogP contribution is -2.52. The molecule has 0 spiro atoms. The zero-order valence-corrected chi connectivity index (χ0v) is 24.5. The highest BCUT2D eigenvalue weighted by Gasteiger charge is 2.65. The molecule has 0 saturated heterocycles. The molecule has 1 aromatic rings. The number of halogens is 9. The maximum Gasteiger partial charge on any atom is 0.488 e. The van der Waals surface area contributed by atoms with Gasteiger partial charge < -0.3 is 10.0 Å². The summed E-state index contributed by atoms with van der Waals surface area (Å²) in [5, 5.41) is 18.4. The first-order chi connectivity index (χ1) is 9.66.